The van der Waals surface area contributed by atoms with E-state index in [0.717, 1.165) is 24.3 Å². The van der Waals surface area contributed by atoms with Crippen LogP contribution in [0.2, 0.25) is 0 Å². The Labute approximate surface area is 134 Å². The van der Waals surface area contributed by atoms with Crippen molar-refractivity contribution in [3.63, 3.8) is 0 Å². The molecule has 1 aromatic heterocycles. The highest BCUT2D eigenvalue weighted by molar-refractivity contribution is 7.09. The van der Waals surface area contributed by atoms with Crippen molar-refractivity contribution in [2.75, 3.05) is 13.1 Å². The molecule has 1 N–H and O–H groups in total. The van der Waals surface area contributed by atoms with Gasteiger partial charge in [-0.1, -0.05) is 41.0 Å². The zero-order valence-corrected chi connectivity index (χ0v) is 15.2. The van der Waals surface area contributed by atoms with Gasteiger partial charge in [0.25, 0.3) is 0 Å². The molecular weight excluding hydrogens is 276 g/mol. The van der Waals surface area contributed by atoms with E-state index < -0.39 is 0 Å². The molecule has 0 saturated heterocycles. The van der Waals surface area contributed by atoms with Crippen molar-refractivity contribution in [2.45, 2.75) is 65.7 Å². The van der Waals surface area contributed by atoms with E-state index in [0.29, 0.717) is 0 Å². The molecule has 0 aromatic carbocycles. The molecule has 3 unspecified atom stereocenters. The molecular formula is C18H32N2S. The van der Waals surface area contributed by atoms with Crippen molar-refractivity contribution in [1.29, 1.82) is 0 Å². The highest BCUT2D eigenvalue weighted by Gasteiger charge is 2.29. The lowest BCUT2D eigenvalue weighted by Crippen LogP contribution is -2.33. The average Bonchev–Trinajstić information content (AvgIpc) is 2.86. The van der Waals surface area contributed by atoms with Gasteiger partial charge in [-0.25, -0.2) is 4.98 Å². The lowest BCUT2D eigenvalue weighted by molar-refractivity contribution is 0.184. The normalized spacial score (nSPS) is 27.0. The molecule has 0 spiro atoms. The molecule has 1 aromatic rings. The second kappa shape index (κ2) is 7.23. The van der Waals surface area contributed by atoms with Gasteiger partial charge in [-0.15, -0.1) is 11.3 Å². The minimum absolute atomic E-state index is 0.178. The summed E-state index contributed by atoms with van der Waals surface area (Å²) in [6.45, 7) is 13.7. The van der Waals surface area contributed by atoms with Crippen molar-refractivity contribution in [3.8, 4) is 0 Å². The molecule has 1 saturated carbocycles. The van der Waals surface area contributed by atoms with Crippen molar-refractivity contribution in [1.82, 2.24) is 10.3 Å². The van der Waals surface area contributed by atoms with Crippen LogP contribution in [0.5, 0.6) is 0 Å². The standard InChI is InChI=1S/C18H32N2S/c1-6-19-11-14-8-7-13(2)9-15(14)10-17-20-16(12-21-17)18(3,4)5/h12-15,19H,6-11H2,1-5H3. The molecule has 1 heterocycles. The first-order valence-corrected chi connectivity index (χ1v) is 9.43. The second-order valence-electron chi connectivity index (χ2n) is 7.83. The first-order chi connectivity index (χ1) is 9.90. The molecule has 21 heavy (non-hydrogen) atoms. The van der Waals surface area contributed by atoms with Crippen molar-refractivity contribution in [3.05, 3.63) is 16.1 Å². The fourth-order valence-corrected chi connectivity index (χ4v) is 4.50. The Morgan fingerprint density at radius 2 is 2.05 bits per heavy atom. The summed E-state index contributed by atoms with van der Waals surface area (Å²) >= 11 is 1.87. The molecule has 1 aliphatic carbocycles. The van der Waals surface area contributed by atoms with E-state index in [1.165, 1.54) is 42.9 Å². The third kappa shape index (κ3) is 4.79. The van der Waals surface area contributed by atoms with Gasteiger partial charge in [-0.3, -0.25) is 0 Å². The largest absolute Gasteiger partial charge is 0.317 e. The summed E-state index contributed by atoms with van der Waals surface area (Å²) in [6, 6.07) is 0. The van der Waals surface area contributed by atoms with Gasteiger partial charge in [0.2, 0.25) is 0 Å². The number of thiazole rings is 1. The van der Waals surface area contributed by atoms with Gasteiger partial charge in [0.15, 0.2) is 0 Å². The number of hydrogen-bond donors (Lipinski definition) is 1. The van der Waals surface area contributed by atoms with Gasteiger partial charge in [0.1, 0.15) is 0 Å². The van der Waals surface area contributed by atoms with Gasteiger partial charge in [0, 0.05) is 17.2 Å². The molecule has 3 heteroatoms. The van der Waals surface area contributed by atoms with Crippen LogP contribution in [0.4, 0.5) is 0 Å². The van der Waals surface area contributed by atoms with E-state index in [-0.39, 0.29) is 5.41 Å². The summed E-state index contributed by atoms with van der Waals surface area (Å²) in [4.78, 5) is 4.91. The van der Waals surface area contributed by atoms with Crippen molar-refractivity contribution in [2.24, 2.45) is 17.8 Å². The highest BCUT2D eigenvalue weighted by Crippen LogP contribution is 2.36. The van der Waals surface area contributed by atoms with Crippen LogP contribution in [-0.2, 0) is 11.8 Å². The van der Waals surface area contributed by atoms with Crippen LogP contribution in [0.3, 0.4) is 0 Å². The van der Waals surface area contributed by atoms with Crippen LogP contribution in [-0.4, -0.2) is 18.1 Å². The fraction of sp³-hybridized carbons (Fsp3) is 0.833. The Morgan fingerprint density at radius 3 is 2.67 bits per heavy atom. The van der Waals surface area contributed by atoms with Crippen LogP contribution in [0.1, 0.15) is 64.6 Å². The van der Waals surface area contributed by atoms with Gasteiger partial charge in [0.05, 0.1) is 10.7 Å². The van der Waals surface area contributed by atoms with Crippen molar-refractivity contribution >= 4 is 11.3 Å². The fourth-order valence-electron chi connectivity index (χ4n) is 3.38. The minimum Gasteiger partial charge on any atom is -0.317 e. The maximum atomic E-state index is 4.91. The summed E-state index contributed by atoms with van der Waals surface area (Å²) in [5.41, 5.74) is 1.44. The topological polar surface area (TPSA) is 24.9 Å². The lowest BCUT2D eigenvalue weighted by atomic mass is 9.73. The third-order valence-electron chi connectivity index (χ3n) is 4.82. The Balaban J connectivity index is 2.02. The Morgan fingerprint density at radius 1 is 1.29 bits per heavy atom. The quantitative estimate of drug-likeness (QED) is 0.857. The van der Waals surface area contributed by atoms with Crippen LogP contribution in [0, 0.1) is 17.8 Å². The summed E-state index contributed by atoms with van der Waals surface area (Å²) in [5, 5.41) is 7.17. The van der Waals surface area contributed by atoms with Crippen molar-refractivity contribution < 1.29 is 0 Å². The van der Waals surface area contributed by atoms with Crippen LogP contribution < -0.4 is 5.32 Å². The lowest BCUT2D eigenvalue weighted by Gasteiger charge is -2.34. The molecule has 2 nitrogen and oxygen atoms in total. The molecule has 0 aliphatic heterocycles. The van der Waals surface area contributed by atoms with E-state index in [9.17, 15) is 0 Å². The summed E-state index contributed by atoms with van der Waals surface area (Å²) in [7, 11) is 0. The number of aromatic nitrogens is 1. The van der Waals surface area contributed by atoms with E-state index in [1.54, 1.807) is 0 Å². The van der Waals surface area contributed by atoms with Gasteiger partial charge in [-0.05, 0) is 43.7 Å². The zero-order chi connectivity index (χ0) is 15.5. The predicted octanol–water partition coefficient (Wildman–Crippen LogP) is 4.65. The highest BCUT2D eigenvalue weighted by atomic mass is 32.1. The molecule has 0 radical (unpaired) electrons. The van der Waals surface area contributed by atoms with Crippen LogP contribution in [0.15, 0.2) is 5.38 Å². The van der Waals surface area contributed by atoms with E-state index >= 15 is 0 Å². The monoisotopic (exact) mass is 308 g/mol. The molecule has 0 bridgehead atoms. The average molecular weight is 309 g/mol. The third-order valence-corrected chi connectivity index (χ3v) is 5.69. The Bertz CT molecular complexity index is 431. The van der Waals surface area contributed by atoms with E-state index in [2.05, 4.69) is 45.3 Å². The molecule has 0 amide bonds. The predicted molar refractivity (Wildman–Crippen MR) is 93.1 cm³/mol. The minimum atomic E-state index is 0.178. The molecule has 1 aliphatic rings. The zero-order valence-electron chi connectivity index (χ0n) is 14.4. The summed E-state index contributed by atoms with van der Waals surface area (Å²) in [5.74, 6) is 2.53. The first kappa shape index (κ1) is 17.0. The molecule has 120 valence electrons. The SMILES string of the molecule is CCNCC1CCC(C)CC1Cc1nc(C(C)(C)C)cs1. The van der Waals surface area contributed by atoms with E-state index in [1.807, 2.05) is 11.3 Å². The number of hydrogen-bond acceptors (Lipinski definition) is 3. The van der Waals surface area contributed by atoms with Crippen LogP contribution in [0.25, 0.3) is 0 Å². The van der Waals surface area contributed by atoms with Gasteiger partial charge >= 0.3 is 0 Å². The smallest absolute Gasteiger partial charge is 0.0931 e. The maximum absolute atomic E-state index is 4.91. The summed E-state index contributed by atoms with van der Waals surface area (Å²) in [6.07, 6.45) is 5.34. The number of nitrogens with zero attached hydrogens (tertiary/aromatic N) is 1. The van der Waals surface area contributed by atoms with E-state index in [4.69, 9.17) is 4.98 Å². The molecule has 3 atom stereocenters. The Hall–Kier alpha value is -0.410. The second-order valence-corrected chi connectivity index (χ2v) is 8.77. The van der Waals surface area contributed by atoms with Gasteiger partial charge in [-0.2, -0.15) is 0 Å². The van der Waals surface area contributed by atoms with Gasteiger partial charge < -0.3 is 5.32 Å². The molecule has 1 fully saturated rings. The number of nitrogens with one attached hydrogen (secondary N) is 1. The Kier molecular flexibility index (Phi) is 5.84. The maximum Gasteiger partial charge on any atom is 0.0931 e. The first-order valence-electron chi connectivity index (χ1n) is 8.55. The summed E-state index contributed by atoms with van der Waals surface area (Å²) < 4.78 is 0. The molecule has 2 rings (SSSR count). The number of rotatable bonds is 5. The van der Waals surface area contributed by atoms with Crippen LogP contribution >= 0.6 is 11.3 Å².